The van der Waals surface area contributed by atoms with Crippen LogP contribution in [0.2, 0.25) is 0 Å². The summed E-state index contributed by atoms with van der Waals surface area (Å²) >= 11 is 1.55. The maximum Gasteiger partial charge on any atom is 0.227 e. The first-order chi connectivity index (χ1) is 11.2. The zero-order valence-corrected chi connectivity index (χ0v) is 14.5. The van der Waals surface area contributed by atoms with Crippen molar-refractivity contribution in [3.05, 3.63) is 12.3 Å². The maximum absolute atomic E-state index is 12.8. The monoisotopic (exact) mass is 332 g/mol. The summed E-state index contributed by atoms with van der Waals surface area (Å²) < 4.78 is 0. The minimum absolute atomic E-state index is 0.140. The van der Waals surface area contributed by atoms with Gasteiger partial charge in [-0.2, -0.15) is 0 Å². The van der Waals surface area contributed by atoms with E-state index in [1.165, 1.54) is 19.3 Å². The Morgan fingerprint density at radius 3 is 2.74 bits per heavy atom. The molecule has 1 aromatic heterocycles. The molecule has 2 aliphatic heterocycles. The first-order valence-corrected chi connectivity index (χ1v) is 9.88. The third-order valence-electron chi connectivity index (χ3n) is 5.70. The topological polar surface area (TPSA) is 49.3 Å². The molecule has 0 N–H and O–H groups in total. The first-order valence-electron chi connectivity index (χ1n) is 8.65. The van der Waals surface area contributed by atoms with Gasteiger partial charge in [0, 0.05) is 32.4 Å². The number of hydrogen-bond acceptors (Lipinski definition) is 5. The van der Waals surface area contributed by atoms with Crippen molar-refractivity contribution in [2.75, 3.05) is 37.3 Å². The Morgan fingerprint density at radius 1 is 1.22 bits per heavy atom. The number of thioether (sulfide) groups is 1. The van der Waals surface area contributed by atoms with E-state index in [1.54, 1.807) is 11.8 Å². The summed E-state index contributed by atoms with van der Waals surface area (Å²) in [6.45, 7) is 3.73. The number of carbonyl (C=O) groups excluding carboxylic acids is 1. The van der Waals surface area contributed by atoms with Gasteiger partial charge in [-0.1, -0.05) is 18.2 Å². The van der Waals surface area contributed by atoms with E-state index in [-0.39, 0.29) is 5.92 Å². The first kappa shape index (κ1) is 15.2. The minimum atomic E-state index is 0.140. The summed E-state index contributed by atoms with van der Waals surface area (Å²) in [5.74, 6) is 3.03. The number of likely N-dealkylation sites (tertiary alicyclic amines) is 1. The predicted molar refractivity (Wildman–Crippen MR) is 91.5 cm³/mol. The molecule has 3 heterocycles. The molecule has 1 aromatic rings. The Kier molecular flexibility index (Phi) is 4.18. The molecular weight excluding hydrogens is 308 g/mol. The van der Waals surface area contributed by atoms with Gasteiger partial charge in [0.2, 0.25) is 5.91 Å². The zero-order valence-electron chi connectivity index (χ0n) is 13.6. The normalized spacial score (nSPS) is 30.0. The lowest BCUT2D eigenvalue weighted by atomic mass is 10.0. The van der Waals surface area contributed by atoms with Crippen molar-refractivity contribution < 1.29 is 4.79 Å². The molecule has 6 heteroatoms. The Hall–Kier alpha value is -1.30. The summed E-state index contributed by atoms with van der Waals surface area (Å²) in [5, 5.41) is 0.796. The smallest absolute Gasteiger partial charge is 0.227 e. The van der Waals surface area contributed by atoms with Crippen molar-refractivity contribution in [3.63, 3.8) is 0 Å². The number of carbonyl (C=O) groups is 1. The van der Waals surface area contributed by atoms with Gasteiger partial charge in [-0.15, -0.1) is 0 Å². The van der Waals surface area contributed by atoms with E-state index in [9.17, 15) is 4.79 Å². The van der Waals surface area contributed by atoms with Crippen molar-refractivity contribution in [3.8, 4) is 0 Å². The van der Waals surface area contributed by atoms with Crippen molar-refractivity contribution in [2.45, 2.75) is 30.8 Å². The van der Waals surface area contributed by atoms with E-state index in [4.69, 9.17) is 0 Å². The summed E-state index contributed by atoms with van der Waals surface area (Å²) in [5.41, 5.74) is 0. The lowest BCUT2D eigenvalue weighted by Gasteiger charge is -2.22. The molecule has 0 radical (unpaired) electrons. The van der Waals surface area contributed by atoms with Crippen molar-refractivity contribution in [1.29, 1.82) is 0 Å². The van der Waals surface area contributed by atoms with Crippen LogP contribution in [0.15, 0.2) is 17.4 Å². The van der Waals surface area contributed by atoms with Crippen LogP contribution in [-0.2, 0) is 4.79 Å². The average molecular weight is 332 g/mol. The number of rotatable bonds is 3. The molecule has 3 atom stereocenters. The van der Waals surface area contributed by atoms with Crippen LogP contribution in [0.3, 0.4) is 0 Å². The molecular formula is C17H24N4OS. The second-order valence-electron chi connectivity index (χ2n) is 7.03. The Bertz CT molecular complexity index is 584. The molecule has 23 heavy (non-hydrogen) atoms. The summed E-state index contributed by atoms with van der Waals surface area (Å²) in [4.78, 5) is 26.0. The van der Waals surface area contributed by atoms with E-state index < -0.39 is 0 Å². The van der Waals surface area contributed by atoms with E-state index in [0.29, 0.717) is 5.91 Å². The second-order valence-corrected chi connectivity index (χ2v) is 7.80. The third-order valence-corrected chi connectivity index (χ3v) is 6.26. The standard InChI is InChI=1S/C17H24N4OS/c1-23-17-18-7-5-15(19-17)20-8-6-14(11-20)16(22)21-9-12-3-2-4-13(12)10-21/h5,7,12-14H,2-4,6,8-11H2,1H3. The summed E-state index contributed by atoms with van der Waals surface area (Å²) in [6, 6.07) is 1.95. The van der Waals surface area contributed by atoms with Crippen LogP contribution in [0.4, 0.5) is 5.82 Å². The van der Waals surface area contributed by atoms with E-state index in [1.807, 2.05) is 18.5 Å². The number of fused-ring (bicyclic) bond motifs is 1. The summed E-state index contributed by atoms with van der Waals surface area (Å²) in [6.07, 6.45) is 8.75. The van der Waals surface area contributed by atoms with Gasteiger partial charge in [0.15, 0.2) is 5.16 Å². The molecule has 4 rings (SSSR count). The van der Waals surface area contributed by atoms with Crippen LogP contribution in [0.25, 0.3) is 0 Å². The molecule has 124 valence electrons. The van der Waals surface area contributed by atoms with Crippen LogP contribution in [0.5, 0.6) is 0 Å². The Labute approximate surface area is 141 Å². The van der Waals surface area contributed by atoms with Gasteiger partial charge in [0.25, 0.3) is 0 Å². The fourth-order valence-corrected chi connectivity index (χ4v) is 4.80. The Balaban J connectivity index is 1.39. The molecule has 1 saturated carbocycles. The van der Waals surface area contributed by atoms with E-state index in [2.05, 4.69) is 19.8 Å². The van der Waals surface area contributed by atoms with E-state index in [0.717, 1.165) is 55.4 Å². The molecule has 2 saturated heterocycles. The minimum Gasteiger partial charge on any atom is -0.356 e. The second kappa shape index (κ2) is 6.30. The third kappa shape index (κ3) is 2.93. The number of aromatic nitrogens is 2. The van der Waals surface area contributed by atoms with Gasteiger partial charge in [0.1, 0.15) is 5.82 Å². The maximum atomic E-state index is 12.8. The van der Waals surface area contributed by atoms with Crippen LogP contribution in [-0.4, -0.2) is 53.2 Å². The molecule has 0 bridgehead atoms. The van der Waals surface area contributed by atoms with Crippen molar-refractivity contribution in [2.24, 2.45) is 17.8 Å². The number of amides is 1. The van der Waals surface area contributed by atoms with Crippen LogP contribution in [0.1, 0.15) is 25.7 Å². The molecule has 0 spiro atoms. The van der Waals surface area contributed by atoms with Gasteiger partial charge < -0.3 is 9.80 Å². The molecule has 0 aromatic carbocycles. The van der Waals surface area contributed by atoms with Crippen LogP contribution >= 0.6 is 11.8 Å². The highest BCUT2D eigenvalue weighted by atomic mass is 32.2. The number of hydrogen-bond donors (Lipinski definition) is 0. The highest BCUT2D eigenvalue weighted by molar-refractivity contribution is 7.98. The Morgan fingerprint density at radius 2 is 2.00 bits per heavy atom. The zero-order chi connectivity index (χ0) is 15.8. The molecule has 3 aliphatic rings. The molecule has 1 aliphatic carbocycles. The van der Waals surface area contributed by atoms with Crippen molar-refractivity contribution in [1.82, 2.24) is 14.9 Å². The number of anilines is 1. The van der Waals surface area contributed by atoms with Gasteiger partial charge in [-0.05, 0) is 43.4 Å². The molecule has 1 amide bonds. The fraction of sp³-hybridized carbons (Fsp3) is 0.706. The average Bonchev–Trinajstić information content (AvgIpc) is 3.29. The fourth-order valence-electron chi connectivity index (χ4n) is 4.45. The largest absolute Gasteiger partial charge is 0.356 e. The molecule has 5 nitrogen and oxygen atoms in total. The quantitative estimate of drug-likeness (QED) is 0.628. The lowest BCUT2D eigenvalue weighted by molar-refractivity contribution is -0.134. The highest BCUT2D eigenvalue weighted by Gasteiger charge is 2.41. The number of nitrogens with zero attached hydrogens (tertiary/aromatic N) is 4. The van der Waals surface area contributed by atoms with Crippen molar-refractivity contribution >= 4 is 23.5 Å². The van der Waals surface area contributed by atoms with Gasteiger partial charge in [-0.25, -0.2) is 9.97 Å². The van der Waals surface area contributed by atoms with E-state index >= 15 is 0 Å². The SMILES string of the molecule is CSc1nccc(N2CCC(C(=O)N3CC4CCCC4C3)C2)n1. The van der Waals surface area contributed by atoms with Gasteiger partial charge >= 0.3 is 0 Å². The van der Waals surface area contributed by atoms with Gasteiger partial charge in [-0.3, -0.25) is 4.79 Å². The summed E-state index contributed by atoms with van der Waals surface area (Å²) in [7, 11) is 0. The van der Waals surface area contributed by atoms with Crippen LogP contribution < -0.4 is 4.90 Å². The van der Waals surface area contributed by atoms with Crippen LogP contribution in [0, 0.1) is 17.8 Å². The predicted octanol–water partition coefficient (Wildman–Crippen LogP) is 2.28. The lowest BCUT2D eigenvalue weighted by Crippen LogP contribution is -2.36. The highest BCUT2D eigenvalue weighted by Crippen LogP contribution is 2.38. The molecule has 3 fully saturated rings. The molecule has 3 unspecified atom stereocenters. The van der Waals surface area contributed by atoms with Gasteiger partial charge in [0.05, 0.1) is 5.92 Å².